The monoisotopic (exact) mass is 267 g/mol. The summed E-state index contributed by atoms with van der Waals surface area (Å²) in [6.07, 6.45) is 3.18. The maximum Gasteiger partial charge on any atom is 0.271 e. The highest BCUT2D eigenvalue weighted by molar-refractivity contribution is 5.92. The van der Waals surface area contributed by atoms with Crippen LogP contribution in [-0.2, 0) is 9.47 Å². The summed E-state index contributed by atoms with van der Waals surface area (Å²) < 4.78 is 10.2. The molecule has 2 N–H and O–H groups in total. The third kappa shape index (κ3) is 4.65. The van der Waals surface area contributed by atoms with Crippen LogP contribution in [0.1, 0.15) is 41.4 Å². The quantitative estimate of drug-likeness (QED) is 0.656. The number of aromatic nitrogens is 2. The molecule has 0 atom stereocenters. The van der Waals surface area contributed by atoms with Crippen LogP contribution in [0.4, 0.5) is 0 Å². The van der Waals surface area contributed by atoms with E-state index in [-0.39, 0.29) is 5.91 Å². The number of amides is 1. The molecule has 19 heavy (non-hydrogen) atoms. The summed E-state index contributed by atoms with van der Waals surface area (Å²) in [6.45, 7) is 2.41. The molecule has 1 fully saturated rings. The van der Waals surface area contributed by atoms with E-state index in [1.54, 1.807) is 7.11 Å². The molecule has 0 aromatic carbocycles. The van der Waals surface area contributed by atoms with Crippen molar-refractivity contribution in [1.29, 1.82) is 0 Å². The van der Waals surface area contributed by atoms with Crippen LogP contribution in [0.5, 0.6) is 0 Å². The first-order valence-corrected chi connectivity index (χ1v) is 6.71. The van der Waals surface area contributed by atoms with Gasteiger partial charge in [-0.1, -0.05) is 0 Å². The van der Waals surface area contributed by atoms with Crippen LogP contribution in [0.3, 0.4) is 0 Å². The first kappa shape index (κ1) is 14.0. The van der Waals surface area contributed by atoms with Crippen molar-refractivity contribution < 1.29 is 14.3 Å². The van der Waals surface area contributed by atoms with Gasteiger partial charge in [-0.3, -0.25) is 9.89 Å². The lowest BCUT2D eigenvalue weighted by Crippen LogP contribution is -2.25. The molecule has 0 aliphatic heterocycles. The molecule has 0 radical (unpaired) electrons. The number of methoxy groups -OCH3 is 1. The lowest BCUT2D eigenvalue weighted by atomic mass is 10.2. The van der Waals surface area contributed by atoms with E-state index in [1.165, 1.54) is 12.8 Å². The van der Waals surface area contributed by atoms with Gasteiger partial charge in [0.25, 0.3) is 5.91 Å². The second-order valence-electron chi connectivity index (χ2n) is 4.70. The van der Waals surface area contributed by atoms with E-state index in [9.17, 15) is 4.79 Å². The molecule has 1 saturated carbocycles. The molecule has 6 nitrogen and oxygen atoms in total. The number of aromatic amines is 1. The van der Waals surface area contributed by atoms with Crippen molar-refractivity contribution in [3.05, 3.63) is 17.5 Å². The first-order chi connectivity index (χ1) is 9.31. The summed E-state index contributed by atoms with van der Waals surface area (Å²) in [4.78, 5) is 11.8. The third-order valence-electron chi connectivity index (χ3n) is 3.03. The number of H-pyrrole nitrogens is 1. The van der Waals surface area contributed by atoms with Crippen LogP contribution in [0.15, 0.2) is 6.07 Å². The fourth-order valence-electron chi connectivity index (χ4n) is 1.77. The minimum absolute atomic E-state index is 0.125. The standard InChI is InChI=1S/C13H21N3O3/c1-18-7-8-19-6-2-5-14-13(17)12-9-11(15-16-12)10-3-4-10/h9-10H,2-8H2,1H3,(H,14,17)(H,15,16). The Hall–Kier alpha value is -1.40. The van der Waals surface area contributed by atoms with Crippen molar-refractivity contribution in [3.63, 3.8) is 0 Å². The molecule has 0 spiro atoms. The van der Waals surface area contributed by atoms with Crippen LogP contribution in [0.2, 0.25) is 0 Å². The highest BCUT2D eigenvalue weighted by atomic mass is 16.5. The number of rotatable bonds is 9. The zero-order chi connectivity index (χ0) is 13.5. The molecule has 106 valence electrons. The molecule has 1 aromatic heterocycles. The Balaban J connectivity index is 1.58. The van der Waals surface area contributed by atoms with Gasteiger partial charge in [0.15, 0.2) is 0 Å². The fraction of sp³-hybridized carbons (Fsp3) is 0.692. The highest BCUT2D eigenvalue weighted by Crippen LogP contribution is 2.38. The van der Waals surface area contributed by atoms with E-state index < -0.39 is 0 Å². The van der Waals surface area contributed by atoms with Crippen molar-refractivity contribution in [2.45, 2.75) is 25.2 Å². The van der Waals surface area contributed by atoms with Crippen LogP contribution in [0.25, 0.3) is 0 Å². The van der Waals surface area contributed by atoms with E-state index in [1.807, 2.05) is 6.07 Å². The second-order valence-corrected chi connectivity index (χ2v) is 4.70. The zero-order valence-corrected chi connectivity index (χ0v) is 11.3. The molecule has 0 unspecified atom stereocenters. The number of ether oxygens (including phenoxy) is 2. The SMILES string of the molecule is COCCOCCCNC(=O)c1cc(C2CC2)[nH]n1. The summed E-state index contributed by atoms with van der Waals surface area (Å²) >= 11 is 0. The Morgan fingerprint density at radius 1 is 1.47 bits per heavy atom. The maximum absolute atomic E-state index is 11.8. The summed E-state index contributed by atoms with van der Waals surface area (Å²) in [6, 6.07) is 1.85. The highest BCUT2D eigenvalue weighted by Gasteiger charge is 2.26. The van der Waals surface area contributed by atoms with Gasteiger partial charge in [0.05, 0.1) is 13.2 Å². The maximum atomic E-state index is 11.8. The largest absolute Gasteiger partial charge is 0.382 e. The van der Waals surface area contributed by atoms with Crippen LogP contribution >= 0.6 is 0 Å². The molecule has 0 bridgehead atoms. The Kier molecular flexibility index (Phi) is 5.35. The van der Waals surface area contributed by atoms with Crippen molar-refractivity contribution >= 4 is 5.91 Å². The van der Waals surface area contributed by atoms with E-state index in [0.717, 1.165) is 12.1 Å². The minimum Gasteiger partial charge on any atom is -0.382 e. The number of carbonyl (C=O) groups excluding carboxylic acids is 1. The third-order valence-corrected chi connectivity index (χ3v) is 3.03. The van der Waals surface area contributed by atoms with Gasteiger partial charge in [-0.15, -0.1) is 0 Å². The predicted octanol–water partition coefficient (Wildman–Crippen LogP) is 1.07. The van der Waals surface area contributed by atoms with Crippen molar-refractivity contribution in [1.82, 2.24) is 15.5 Å². The van der Waals surface area contributed by atoms with Gasteiger partial charge in [-0.2, -0.15) is 5.10 Å². The van der Waals surface area contributed by atoms with Gasteiger partial charge in [-0.25, -0.2) is 0 Å². The van der Waals surface area contributed by atoms with Gasteiger partial charge in [0, 0.05) is 31.9 Å². The minimum atomic E-state index is -0.125. The van der Waals surface area contributed by atoms with E-state index in [0.29, 0.717) is 38.0 Å². The van der Waals surface area contributed by atoms with Crippen molar-refractivity contribution in [2.24, 2.45) is 0 Å². The number of hydrogen-bond acceptors (Lipinski definition) is 4. The Labute approximate surface area is 112 Å². The van der Waals surface area contributed by atoms with E-state index in [2.05, 4.69) is 15.5 Å². The molecule has 1 aliphatic rings. The van der Waals surface area contributed by atoms with Crippen molar-refractivity contribution in [3.8, 4) is 0 Å². The van der Waals surface area contributed by atoms with Crippen LogP contribution in [-0.4, -0.2) is 49.6 Å². The lowest BCUT2D eigenvalue weighted by molar-refractivity contribution is 0.0688. The summed E-state index contributed by atoms with van der Waals surface area (Å²) in [7, 11) is 1.64. The number of nitrogens with zero attached hydrogens (tertiary/aromatic N) is 1. The second kappa shape index (κ2) is 7.25. The first-order valence-electron chi connectivity index (χ1n) is 6.71. The van der Waals surface area contributed by atoms with Gasteiger partial charge in [0.1, 0.15) is 5.69 Å². The molecule has 1 heterocycles. The van der Waals surface area contributed by atoms with Gasteiger partial charge < -0.3 is 14.8 Å². The molecule has 6 heteroatoms. The van der Waals surface area contributed by atoms with Gasteiger partial charge in [0.2, 0.25) is 0 Å². The Morgan fingerprint density at radius 3 is 3.05 bits per heavy atom. The summed E-state index contributed by atoms with van der Waals surface area (Å²) in [5.74, 6) is 0.461. The Morgan fingerprint density at radius 2 is 2.32 bits per heavy atom. The molecular formula is C13H21N3O3. The normalized spacial score (nSPS) is 14.6. The van der Waals surface area contributed by atoms with Crippen molar-refractivity contribution in [2.75, 3.05) is 33.5 Å². The number of carbonyl (C=O) groups is 1. The number of nitrogens with one attached hydrogen (secondary N) is 2. The predicted molar refractivity (Wildman–Crippen MR) is 70.2 cm³/mol. The topological polar surface area (TPSA) is 76.2 Å². The fourth-order valence-corrected chi connectivity index (χ4v) is 1.77. The molecule has 0 saturated heterocycles. The van der Waals surface area contributed by atoms with Crippen LogP contribution < -0.4 is 5.32 Å². The average molecular weight is 267 g/mol. The molecule has 2 rings (SSSR count). The zero-order valence-electron chi connectivity index (χ0n) is 11.3. The van der Waals surface area contributed by atoms with Gasteiger partial charge in [-0.05, 0) is 25.3 Å². The van der Waals surface area contributed by atoms with E-state index in [4.69, 9.17) is 9.47 Å². The van der Waals surface area contributed by atoms with Gasteiger partial charge >= 0.3 is 0 Å². The Bertz CT molecular complexity index is 402. The summed E-state index contributed by atoms with van der Waals surface area (Å²) in [5.41, 5.74) is 1.55. The van der Waals surface area contributed by atoms with Crippen LogP contribution in [0, 0.1) is 0 Å². The average Bonchev–Trinajstić information content (AvgIpc) is 3.15. The molecule has 1 aliphatic carbocycles. The smallest absolute Gasteiger partial charge is 0.271 e. The summed E-state index contributed by atoms with van der Waals surface area (Å²) in [5, 5.41) is 9.79. The lowest BCUT2D eigenvalue weighted by Gasteiger charge is -2.04. The molecular weight excluding hydrogens is 246 g/mol. The number of hydrogen-bond donors (Lipinski definition) is 2. The molecule has 1 aromatic rings. The van der Waals surface area contributed by atoms with E-state index >= 15 is 0 Å². The molecule has 1 amide bonds.